The first-order valence-corrected chi connectivity index (χ1v) is 14.2. The van der Waals surface area contributed by atoms with Crippen molar-refractivity contribution in [3.05, 3.63) is 88.2 Å². The number of nitrogens with zero attached hydrogens (tertiary/aromatic N) is 1. The molecule has 0 fully saturated rings. The first-order valence-electron chi connectivity index (χ1n) is 13.4. The summed E-state index contributed by atoms with van der Waals surface area (Å²) < 4.78 is 1.23. The van der Waals surface area contributed by atoms with Gasteiger partial charge in [0.15, 0.2) is 5.78 Å². The molecule has 5 heteroatoms. The van der Waals surface area contributed by atoms with Crippen molar-refractivity contribution in [2.24, 2.45) is 0 Å². The molecule has 0 atom stereocenters. The fourth-order valence-corrected chi connectivity index (χ4v) is 5.74. The van der Waals surface area contributed by atoms with E-state index < -0.39 is 0 Å². The largest absolute Gasteiger partial charge is 0.512 e. The van der Waals surface area contributed by atoms with Crippen LogP contribution >= 0.6 is 11.3 Å². The van der Waals surface area contributed by atoms with Crippen LogP contribution in [0.3, 0.4) is 0 Å². The fourth-order valence-electron chi connectivity index (χ4n) is 4.56. The summed E-state index contributed by atoms with van der Waals surface area (Å²) in [5, 5.41) is 8.36. The third-order valence-corrected chi connectivity index (χ3v) is 7.68. The van der Waals surface area contributed by atoms with Crippen LogP contribution in [0.4, 0.5) is 0 Å². The minimum Gasteiger partial charge on any atom is -0.512 e. The fraction of sp³-hybridized carbons (Fsp3) is 0.371. The quantitative estimate of drug-likeness (QED) is 0.130. The maximum absolute atomic E-state index is 10.0. The number of pyridine rings is 1. The van der Waals surface area contributed by atoms with Crippen molar-refractivity contribution in [1.29, 1.82) is 0 Å². The van der Waals surface area contributed by atoms with E-state index in [0.29, 0.717) is 0 Å². The molecule has 0 bridgehead atoms. The van der Waals surface area contributed by atoms with Gasteiger partial charge in [-0.15, -0.1) is 46.2 Å². The van der Waals surface area contributed by atoms with E-state index in [0.717, 1.165) is 22.3 Å². The first kappa shape index (κ1) is 33.6. The molecule has 40 heavy (non-hydrogen) atoms. The van der Waals surface area contributed by atoms with Gasteiger partial charge in [-0.2, -0.15) is 0 Å². The van der Waals surface area contributed by atoms with Crippen LogP contribution in [0.2, 0.25) is 0 Å². The predicted octanol–water partition coefficient (Wildman–Crippen LogP) is 9.99. The van der Waals surface area contributed by atoms with E-state index in [-0.39, 0.29) is 42.5 Å². The van der Waals surface area contributed by atoms with Crippen molar-refractivity contribution in [2.75, 3.05) is 0 Å². The maximum atomic E-state index is 10.0. The molecule has 2 aromatic carbocycles. The van der Waals surface area contributed by atoms with E-state index >= 15 is 0 Å². The number of fused-ring (bicyclic) bond motifs is 1. The van der Waals surface area contributed by atoms with Gasteiger partial charge in [0.1, 0.15) is 0 Å². The van der Waals surface area contributed by atoms with Crippen molar-refractivity contribution in [3.8, 4) is 21.7 Å². The number of carbonyl (C=O) groups excluding carboxylic acids is 1. The second-order valence-electron chi connectivity index (χ2n) is 12.5. The average molecular weight is 733 g/mol. The number of hydrogen-bond donors (Lipinski definition) is 1. The molecular weight excluding hydrogens is 691 g/mol. The molecule has 2 aromatic heterocycles. The van der Waals surface area contributed by atoms with Crippen LogP contribution in [0, 0.1) is 26.8 Å². The molecule has 0 saturated carbocycles. The average Bonchev–Trinajstić information content (AvgIpc) is 3.19. The smallest absolute Gasteiger partial charge is 0.155 e. The molecule has 4 aromatic rings. The summed E-state index contributed by atoms with van der Waals surface area (Å²) in [7, 11) is 0. The number of benzene rings is 2. The van der Waals surface area contributed by atoms with Gasteiger partial charge >= 0.3 is 0 Å². The van der Waals surface area contributed by atoms with Gasteiger partial charge in [-0.25, -0.2) is 0 Å². The molecule has 0 aliphatic rings. The van der Waals surface area contributed by atoms with Gasteiger partial charge in [0.2, 0.25) is 0 Å². The Kier molecular flexibility index (Phi) is 10.9. The predicted molar refractivity (Wildman–Crippen MR) is 168 cm³/mol. The van der Waals surface area contributed by atoms with E-state index in [2.05, 4.69) is 111 Å². The van der Waals surface area contributed by atoms with Crippen LogP contribution < -0.4 is 0 Å². The van der Waals surface area contributed by atoms with Gasteiger partial charge in [0, 0.05) is 31.1 Å². The van der Waals surface area contributed by atoms with Crippen LogP contribution in [-0.4, -0.2) is 15.9 Å². The molecule has 0 aliphatic heterocycles. The number of ketones is 1. The molecule has 0 spiro atoms. The Labute approximate surface area is 258 Å². The van der Waals surface area contributed by atoms with Crippen molar-refractivity contribution in [2.45, 2.75) is 87.0 Å². The number of carbonyl (C=O) groups is 1. The molecule has 2 heterocycles. The SMILES string of the molecule is CC(=O)/C=C(/C)O.Cc1[c-]c(-c2ccc3sc(-c4c(C)cc(C(C)(C)C)cc4C)cc3n2)cc(C(C)(C)C)c1.[Ir]. The standard InChI is InChI=1S/C30H34NS.C5H8O2.Ir/c1-18-12-21(16-22(13-18)29(4,5)6)24-10-11-26-25(31-24)17-27(32-26)28-19(2)14-23(15-20(28)3)30(7,8)9;1-4(6)3-5(2)7;/h10-11,13-17H,1-9H3;3,6H,1-2H3;/q-1;;/b;4-3-;. The summed E-state index contributed by atoms with van der Waals surface area (Å²) >= 11 is 1.83. The first-order chi connectivity index (χ1) is 18.0. The van der Waals surface area contributed by atoms with Crippen molar-refractivity contribution < 1.29 is 30.0 Å². The van der Waals surface area contributed by atoms with Gasteiger partial charge in [0.25, 0.3) is 0 Å². The zero-order valence-corrected chi connectivity index (χ0v) is 28.9. The summed E-state index contributed by atoms with van der Waals surface area (Å²) in [4.78, 5) is 16.4. The molecule has 1 N–H and O–H groups in total. The minimum atomic E-state index is -0.125. The van der Waals surface area contributed by atoms with E-state index in [9.17, 15) is 4.79 Å². The van der Waals surface area contributed by atoms with Gasteiger partial charge in [-0.3, -0.25) is 9.78 Å². The minimum absolute atomic E-state index is 0. The van der Waals surface area contributed by atoms with Gasteiger partial charge in [0.05, 0.1) is 16.0 Å². The number of thiophene rings is 1. The maximum Gasteiger partial charge on any atom is 0.155 e. The topological polar surface area (TPSA) is 50.2 Å². The Morgan fingerprint density at radius 1 is 0.875 bits per heavy atom. The van der Waals surface area contributed by atoms with Crippen LogP contribution in [-0.2, 0) is 35.7 Å². The Hall–Kier alpha value is -2.59. The van der Waals surface area contributed by atoms with Crippen molar-refractivity contribution in [1.82, 2.24) is 4.98 Å². The van der Waals surface area contributed by atoms with E-state index in [1.54, 1.807) is 0 Å². The van der Waals surface area contributed by atoms with E-state index in [4.69, 9.17) is 10.1 Å². The van der Waals surface area contributed by atoms with Crippen LogP contribution in [0.5, 0.6) is 0 Å². The molecule has 1 radical (unpaired) electrons. The second kappa shape index (κ2) is 12.9. The molecule has 3 nitrogen and oxygen atoms in total. The second-order valence-corrected chi connectivity index (χ2v) is 13.6. The number of rotatable bonds is 3. The molecule has 0 unspecified atom stereocenters. The summed E-state index contributed by atoms with van der Waals surface area (Å²) in [5.41, 5.74) is 11.3. The third-order valence-electron chi connectivity index (χ3n) is 6.58. The Morgan fingerprint density at radius 3 is 1.90 bits per heavy atom. The molecule has 0 saturated heterocycles. The number of aliphatic hydroxyl groups is 1. The molecule has 4 rings (SSSR count). The molecular formula is C35H42IrNO2S-. The Bertz CT molecular complexity index is 1520. The zero-order valence-electron chi connectivity index (χ0n) is 25.7. The monoisotopic (exact) mass is 733 g/mol. The Balaban J connectivity index is 0.000000623. The van der Waals surface area contributed by atoms with Gasteiger partial charge in [-0.05, 0) is 78.6 Å². The van der Waals surface area contributed by atoms with Gasteiger partial charge in [-0.1, -0.05) is 66.7 Å². The molecule has 0 aliphatic carbocycles. The van der Waals surface area contributed by atoms with Crippen molar-refractivity contribution in [3.63, 3.8) is 0 Å². The third kappa shape index (κ3) is 8.46. The number of allylic oxidation sites excluding steroid dienone is 2. The van der Waals surface area contributed by atoms with Crippen LogP contribution in [0.25, 0.3) is 31.9 Å². The number of aromatic nitrogens is 1. The van der Waals surface area contributed by atoms with Crippen LogP contribution in [0.15, 0.2) is 54.3 Å². The molecule has 215 valence electrons. The summed E-state index contributed by atoms with van der Waals surface area (Å²) in [6.07, 6.45) is 1.17. The number of hydrogen-bond acceptors (Lipinski definition) is 4. The van der Waals surface area contributed by atoms with E-state index in [1.165, 1.54) is 57.3 Å². The summed E-state index contributed by atoms with van der Waals surface area (Å²) in [6, 6.07) is 19.3. The molecule has 0 amide bonds. The van der Waals surface area contributed by atoms with Gasteiger partial charge < -0.3 is 5.11 Å². The van der Waals surface area contributed by atoms with E-state index in [1.807, 2.05) is 11.3 Å². The summed E-state index contributed by atoms with van der Waals surface area (Å²) in [5.74, 6) is -0.0625. The normalized spacial score (nSPS) is 12.0. The zero-order chi connectivity index (χ0) is 29.3. The van der Waals surface area contributed by atoms with Crippen LogP contribution in [0.1, 0.15) is 83.2 Å². The van der Waals surface area contributed by atoms with Crippen molar-refractivity contribution >= 4 is 27.3 Å². The Morgan fingerprint density at radius 2 is 1.43 bits per heavy atom. The number of aliphatic hydroxyl groups excluding tert-OH is 1. The summed E-state index contributed by atoms with van der Waals surface area (Å²) in [6.45, 7) is 23.0. The number of aryl methyl sites for hydroxylation is 3.